The van der Waals surface area contributed by atoms with Gasteiger partial charge < -0.3 is 10.2 Å². The summed E-state index contributed by atoms with van der Waals surface area (Å²) in [6, 6.07) is 8.32. The van der Waals surface area contributed by atoms with Crippen LogP contribution in [0.5, 0.6) is 5.75 Å². The lowest BCUT2D eigenvalue weighted by atomic mass is 10.0. The van der Waals surface area contributed by atoms with Crippen molar-refractivity contribution in [1.29, 1.82) is 5.26 Å². The number of rotatable bonds is 4. The van der Waals surface area contributed by atoms with Crippen LogP contribution in [0.15, 0.2) is 28.5 Å². The van der Waals surface area contributed by atoms with Crippen LogP contribution < -0.4 is 0 Å². The maximum absolute atomic E-state index is 11.5. The van der Waals surface area contributed by atoms with Crippen LogP contribution in [0.3, 0.4) is 0 Å². The van der Waals surface area contributed by atoms with E-state index in [1.54, 1.807) is 12.1 Å². The molecule has 2 N–H and O–H groups in total. The standard InChI is InChI=1S/C15H13NO3S2/c1-8(2)20-15-11(7-16)12(13(21-15)14(18)19)9-3-5-10(17)6-4-9/h3-6,8,17H,1-2H3,(H,18,19). The predicted molar refractivity (Wildman–Crippen MR) is 84.1 cm³/mol. The zero-order chi connectivity index (χ0) is 15.6. The summed E-state index contributed by atoms with van der Waals surface area (Å²) in [7, 11) is 0. The number of carboxylic acid groups (broad SMARTS) is 1. The van der Waals surface area contributed by atoms with Gasteiger partial charge in [0, 0.05) is 10.8 Å². The molecule has 0 saturated carbocycles. The Morgan fingerprint density at radius 3 is 2.43 bits per heavy atom. The van der Waals surface area contributed by atoms with E-state index >= 15 is 0 Å². The van der Waals surface area contributed by atoms with E-state index in [4.69, 9.17) is 0 Å². The quantitative estimate of drug-likeness (QED) is 0.826. The Labute approximate surface area is 130 Å². The normalized spacial score (nSPS) is 10.6. The minimum Gasteiger partial charge on any atom is -0.508 e. The van der Waals surface area contributed by atoms with Crippen molar-refractivity contribution in [3.05, 3.63) is 34.7 Å². The molecule has 1 aromatic heterocycles. The van der Waals surface area contributed by atoms with E-state index in [1.165, 1.54) is 23.9 Å². The largest absolute Gasteiger partial charge is 0.508 e. The lowest BCUT2D eigenvalue weighted by Gasteiger charge is -2.04. The fourth-order valence-electron chi connectivity index (χ4n) is 1.86. The molecule has 0 bridgehead atoms. The molecular formula is C15H13NO3S2. The van der Waals surface area contributed by atoms with Gasteiger partial charge in [-0.25, -0.2) is 4.79 Å². The number of aromatic carboxylic acids is 1. The first-order valence-electron chi connectivity index (χ1n) is 6.20. The molecule has 0 spiro atoms. The van der Waals surface area contributed by atoms with Gasteiger partial charge in [-0.15, -0.1) is 23.1 Å². The van der Waals surface area contributed by atoms with Gasteiger partial charge in [-0.3, -0.25) is 0 Å². The summed E-state index contributed by atoms with van der Waals surface area (Å²) in [6.45, 7) is 3.98. The van der Waals surface area contributed by atoms with Crippen LogP contribution in [0, 0.1) is 11.3 Å². The SMILES string of the molecule is CC(C)Sc1sc(C(=O)O)c(-c2ccc(O)cc2)c1C#N. The number of phenols is 1. The Bertz CT molecular complexity index is 712. The molecule has 108 valence electrons. The monoisotopic (exact) mass is 319 g/mol. The highest BCUT2D eigenvalue weighted by Gasteiger charge is 2.24. The number of thiophene rings is 1. The van der Waals surface area contributed by atoms with Crippen LogP contribution in [0.25, 0.3) is 11.1 Å². The first-order valence-corrected chi connectivity index (χ1v) is 7.90. The zero-order valence-corrected chi connectivity index (χ0v) is 13.1. The Morgan fingerprint density at radius 2 is 1.95 bits per heavy atom. The van der Waals surface area contributed by atoms with Crippen LogP contribution in [0.2, 0.25) is 0 Å². The van der Waals surface area contributed by atoms with E-state index in [0.29, 0.717) is 20.9 Å². The van der Waals surface area contributed by atoms with Gasteiger partial charge in [0.1, 0.15) is 16.7 Å². The van der Waals surface area contributed by atoms with Gasteiger partial charge in [-0.1, -0.05) is 26.0 Å². The third-order valence-electron chi connectivity index (χ3n) is 2.68. The van der Waals surface area contributed by atoms with Crippen molar-refractivity contribution < 1.29 is 15.0 Å². The maximum Gasteiger partial charge on any atom is 0.346 e. The highest BCUT2D eigenvalue weighted by Crippen LogP contribution is 2.43. The number of nitriles is 1. The Hall–Kier alpha value is -1.97. The van der Waals surface area contributed by atoms with Crippen molar-refractivity contribution in [2.75, 3.05) is 0 Å². The third kappa shape index (κ3) is 3.20. The number of hydrogen-bond donors (Lipinski definition) is 2. The Morgan fingerprint density at radius 1 is 1.33 bits per heavy atom. The molecule has 2 rings (SSSR count). The van der Waals surface area contributed by atoms with Crippen LogP contribution in [0.4, 0.5) is 0 Å². The number of hydrogen-bond acceptors (Lipinski definition) is 5. The molecule has 0 aliphatic rings. The number of phenolic OH excluding ortho intramolecular Hbond substituents is 1. The van der Waals surface area contributed by atoms with Gasteiger partial charge in [-0.2, -0.15) is 5.26 Å². The second kappa shape index (κ2) is 6.20. The molecular weight excluding hydrogens is 306 g/mol. The van der Waals surface area contributed by atoms with Crippen molar-refractivity contribution in [1.82, 2.24) is 0 Å². The van der Waals surface area contributed by atoms with Crippen LogP contribution in [-0.2, 0) is 0 Å². The van der Waals surface area contributed by atoms with Crippen LogP contribution in [0.1, 0.15) is 29.1 Å². The summed E-state index contributed by atoms with van der Waals surface area (Å²) in [4.78, 5) is 11.6. The average Bonchev–Trinajstić information content (AvgIpc) is 2.77. The van der Waals surface area contributed by atoms with Gasteiger partial charge in [0.05, 0.1) is 9.77 Å². The van der Waals surface area contributed by atoms with Gasteiger partial charge in [0.2, 0.25) is 0 Å². The lowest BCUT2D eigenvalue weighted by Crippen LogP contribution is -1.95. The topological polar surface area (TPSA) is 81.3 Å². The van der Waals surface area contributed by atoms with Crippen molar-refractivity contribution in [2.24, 2.45) is 0 Å². The van der Waals surface area contributed by atoms with Crippen LogP contribution >= 0.6 is 23.1 Å². The van der Waals surface area contributed by atoms with E-state index in [9.17, 15) is 20.3 Å². The molecule has 0 atom stereocenters. The summed E-state index contributed by atoms with van der Waals surface area (Å²) in [5, 5.41) is 28.4. The Kier molecular flexibility index (Phi) is 4.56. The molecule has 0 fully saturated rings. The van der Waals surface area contributed by atoms with Gasteiger partial charge >= 0.3 is 5.97 Å². The van der Waals surface area contributed by atoms with Gasteiger partial charge in [0.25, 0.3) is 0 Å². The van der Waals surface area contributed by atoms with E-state index < -0.39 is 5.97 Å². The number of aromatic hydroxyl groups is 1. The zero-order valence-electron chi connectivity index (χ0n) is 11.5. The highest BCUT2D eigenvalue weighted by molar-refractivity contribution is 8.01. The first-order chi connectivity index (χ1) is 9.93. The molecule has 0 amide bonds. The van der Waals surface area contributed by atoms with Crippen molar-refractivity contribution in [3.8, 4) is 22.9 Å². The van der Waals surface area contributed by atoms with Crippen LogP contribution in [-0.4, -0.2) is 21.4 Å². The first kappa shape index (κ1) is 15.4. The molecule has 0 aliphatic carbocycles. The van der Waals surface area contributed by atoms with Gasteiger partial charge in [-0.05, 0) is 17.7 Å². The molecule has 0 unspecified atom stereocenters. The molecule has 0 saturated heterocycles. The van der Waals surface area contributed by atoms with E-state index in [0.717, 1.165) is 11.3 Å². The highest BCUT2D eigenvalue weighted by atomic mass is 32.2. The van der Waals surface area contributed by atoms with Crippen molar-refractivity contribution in [2.45, 2.75) is 23.3 Å². The lowest BCUT2D eigenvalue weighted by molar-refractivity contribution is 0.0703. The molecule has 21 heavy (non-hydrogen) atoms. The van der Waals surface area contributed by atoms with Gasteiger partial charge in [0.15, 0.2) is 0 Å². The minimum atomic E-state index is -1.05. The molecule has 2 aromatic rings. The second-order valence-corrected chi connectivity index (χ2v) is 7.46. The summed E-state index contributed by atoms with van der Waals surface area (Å²) < 4.78 is 0.716. The molecule has 6 heteroatoms. The smallest absolute Gasteiger partial charge is 0.346 e. The fraction of sp³-hybridized carbons (Fsp3) is 0.200. The van der Waals surface area contributed by atoms with Crippen molar-refractivity contribution in [3.63, 3.8) is 0 Å². The average molecular weight is 319 g/mol. The number of thioether (sulfide) groups is 1. The number of carboxylic acids is 1. The maximum atomic E-state index is 11.5. The molecule has 0 aliphatic heterocycles. The molecule has 1 aromatic carbocycles. The molecule has 0 radical (unpaired) electrons. The number of carbonyl (C=O) groups is 1. The number of benzene rings is 1. The Balaban J connectivity index is 2.67. The van der Waals surface area contributed by atoms with Crippen molar-refractivity contribution >= 4 is 29.1 Å². The third-order valence-corrected chi connectivity index (χ3v) is 5.08. The second-order valence-electron chi connectivity index (χ2n) is 4.60. The number of nitrogens with zero attached hydrogens (tertiary/aromatic N) is 1. The predicted octanol–water partition coefficient (Wildman–Crippen LogP) is 4.19. The fourth-order valence-corrected chi connectivity index (χ4v) is 4.42. The summed E-state index contributed by atoms with van der Waals surface area (Å²) in [6.07, 6.45) is 0. The van der Waals surface area contributed by atoms with E-state index in [1.807, 2.05) is 13.8 Å². The summed E-state index contributed by atoms with van der Waals surface area (Å²) in [5.41, 5.74) is 1.44. The van der Waals surface area contributed by atoms with E-state index in [-0.39, 0.29) is 15.9 Å². The van der Waals surface area contributed by atoms with E-state index in [2.05, 4.69) is 6.07 Å². The minimum absolute atomic E-state index is 0.0983. The summed E-state index contributed by atoms with van der Waals surface area (Å²) in [5.74, 6) is -0.948. The molecule has 4 nitrogen and oxygen atoms in total. The summed E-state index contributed by atoms with van der Waals surface area (Å²) >= 11 is 2.61. The molecule has 1 heterocycles.